The highest BCUT2D eigenvalue weighted by Gasteiger charge is 2.17. The number of rotatable bonds is 6. The van der Waals surface area contributed by atoms with Crippen LogP contribution in [0.5, 0.6) is 0 Å². The van der Waals surface area contributed by atoms with E-state index in [1.54, 1.807) is 6.07 Å². The Bertz CT molecular complexity index is 474. The van der Waals surface area contributed by atoms with E-state index in [9.17, 15) is 8.42 Å². The standard InChI is InChI=1S/C11H15Cl2NO2S/c12-9-4-5-10(13)11(8-9)17(15,16)7-3-1-2-6-14/h4-5,8H,1-3,6-7,14H2. The van der Waals surface area contributed by atoms with Crippen molar-refractivity contribution in [3.63, 3.8) is 0 Å². The molecule has 0 heterocycles. The van der Waals surface area contributed by atoms with Crippen molar-refractivity contribution in [3.05, 3.63) is 28.2 Å². The Morgan fingerprint density at radius 2 is 1.82 bits per heavy atom. The van der Waals surface area contributed by atoms with Crippen LogP contribution in [0, 0.1) is 0 Å². The van der Waals surface area contributed by atoms with Crippen LogP contribution in [0.4, 0.5) is 0 Å². The van der Waals surface area contributed by atoms with Crippen molar-refractivity contribution in [3.8, 4) is 0 Å². The second-order valence-electron chi connectivity index (χ2n) is 3.74. The maximum atomic E-state index is 12.0. The molecule has 0 radical (unpaired) electrons. The van der Waals surface area contributed by atoms with Crippen molar-refractivity contribution < 1.29 is 8.42 Å². The molecule has 0 aliphatic rings. The topological polar surface area (TPSA) is 60.2 Å². The zero-order valence-electron chi connectivity index (χ0n) is 9.33. The summed E-state index contributed by atoms with van der Waals surface area (Å²) in [7, 11) is -3.35. The molecule has 3 nitrogen and oxygen atoms in total. The molecule has 0 aromatic heterocycles. The van der Waals surface area contributed by atoms with Crippen molar-refractivity contribution in [2.45, 2.75) is 24.2 Å². The van der Waals surface area contributed by atoms with Crippen LogP contribution in [0.2, 0.25) is 10.0 Å². The van der Waals surface area contributed by atoms with E-state index in [1.807, 2.05) is 0 Å². The second-order valence-corrected chi connectivity index (χ2v) is 6.66. The zero-order valence-corrected chi connectivity index (χ0v) is 11.7. The van der Waals surface area contributed by atoms with E-state index >= 15 is 0 Å². The number of unbranched alkanes of at least 4 members (excludes halogenated alkanes) is 2. The lowest BCUT2D eigenvalue weighted by Crippen LogP contribution is -2.08. The van der Waals surface area contributed by atoms with E-state index in [0.29, 0.717) is 18.0 Å². The number of hydrogen-bond donors (Lipinski definition) is 1. The molecule has 1 aromatic carbocycles. The van der Waals surface area contributed by atoms with Gasteiger partial charge in [-0.1, -0.05) is 29.6 Å². The van der Waals surface area contributed by atoms with Gasteiger partial charge in [0.05, 0.1) is 15.7 Å². The summed E-state index contributed by atoms with van der Waals surface area (Å²) in [5.41, 5.74) is 5.35. The minimum atomic E-state index is -3.35. The van der Waals surface area contributed by atoms with Gasteiger partial charge in [-0.3, -0.25) is 0 Å². The summed E-state index contributed by atoms with van der Waals surface area (Å²) in [5, 5.41) is 0.586. The molecule has 0 unspecified atom stereocenters. The highest BCUT2D eigenvalue weighted by molar-refractivity contribution is 7.91. The minimum Gasteiger partial charge on any atom is -0.330 e. The third-order valence-corrected chi connectivity index (χ3v) is 4.86. The molecule has 0 atom stereocenters. The SMILES string of the molecule is NCCCCCS(=O)(=O)c1cc(Cl)ccc1Cl. The Hall–Kier alpha value is -0.290. The molecule has 0 fully saturated rings. The number of nitrogens with two attached hydrogens (primary N) is 1. The summed E-state index contributed by atoms with van der Waals surface area (Å²) < 4.78 is 24.0. The zero-order chi connectivity index (χ0) is 12.9. The molecule has 6 heteroatoms. The summed E-state index contributed by atoms with van der Waals surface area (Å²) >= 11 is 11.6. The Labute approximate surface area is 112 Å². The fourth-order valence-corrected chi connectivity index (χ4v) is 3.62. The van der Waals surface area contributed by atoms with Gasteiger partial charge in [0.25, 0.3) is 0 Å². The average molecular weight is 296 g/mol. The van der Waals surface area contributed by atoms with Crippen LogP contribution in [0.3, 0.4) is 0 Å². The molecule has 0 amide bonds. The molecular weight excluding hydrogens is 281 g/mol. The Balaban J connectivity index is 2.79. The van der Waals surface area contributed by atoms with Gasteiger partial charge in [-0.2, -0.15) is 0 Å². The maximum Gasteiger partial charge on any atom is 0.179 e. The van der Waals surface area contributed by atoms with Crippen LogP contribution >= 0.6 is 23.2 Å². The van der Waals surface area contributed by atoms with Crippen LogP contribution in [0.25, 0.3) is 0 Å². The van der Waals surface area contributed by atoms with Crippen LogP contribution in [-0.4, -0.2) is 20.7 Å². The van der Waals surface area contributed by atoms with Gasteiger partial charge in [-0.05, 0) is 37.6 Å². The van der Waals surface area contributed by atoms with Crippen LogP contribution in [-0.2, 0) is 9.84 Å². The molecule has 0 bridgehead atoms. The highest BCUT2D eigenvalue weighted by atomic mass is 35.5. The highest BCUT2D eigenvalue weighted by Crippen LogP contribution is 2.26. The summed E-state index contributed by atoms with van der Waals surface area (Å²) in [5.74, 6) is 0.0765. The Morgan fingerprint density at radius 3 is 2.47 bits per heavy atom. The van der Waals surface area contributed by atoms with Gasteiger partial charge in [-0.15, -0.1) is 0 Å². The first kappa shape index (κ1) is 14.8. The quantitative estimate of drug-likeness (QED) is 0.821. The fraction of sp³-hybridized carbons (Fsp3) is 0.455. The van der Waals surface area contributed by atoms with E-state index in [1.165, 1.54) is 12.1 Å². The minimum absolute atomic E-state index is 0.0765. The maximum absolute atomic E-state index is 12.0. The Kier molecular flexibility index (Phi) is 5.73. The van der Waals surface area contributed by atoms with Crippen LogP contribution < -0.4 is 5.73 Å². The lowest BCUT2D eigenvalue weighted by molar-refractivity contribution is 0.590. The normalized spacial score (nSPS) is 11.7. The van der Waals surface area contributed by atoms with E-state index in [4.69, 9.17) is 28.9 Å². The number of halogens is 2. The van der Waals surface area contributed by atoms with E-state index in [-0.39, 0.29) is 15.7 Å². The number of sulfone groups is 1. The molecule has 2 N–H and O–H groups in total. The molecule has 0 aliphatic heterocycles. The average Bonchev–Trinajstić information content (AvgIpc) is 2.28. The summed E-state index contributed by atoms with van der Waals surface area (Å²) in [4.78, 5) is 0.111. The van der Waals surface area contributed by atoms with Crippen molar-refractivity contribution in [2.75, 3.05) is 12.3 Å². The first-order valence-corrected chi connectivity index (χ1v) is 7.76. The fourth-order valence-electron chi connectivity index (χ4n) is 1.44. The second kappa shape index (κ2) is 6.59. The lowest BCUT2D eigenvalue weighted by Gasteiger charge is -2.06. The first-order valence-electron chi connectivity index (χ1n) is 5.35. The van der Waals surface area contributed by atoms with Crippen molar-refractivity contribution in [2.24, 2.45) is 5.73 Å². The third kappa shape index (κ3) is 4.47. The third-order valence-electron chi connectivity index (χ3n) is 2.35. The summed E-state index contributed by atoms with van der Waals surface area (Å²) in [6.07, 6.45) is 2.22. The molecule has 17 heavy (non-hydrogen) atoms. The van der Waals surface area contributed by atoms with Gasteiger partial charge in [0.1, 0.15) is 0 Å². The molecule has 0 saturated heterocycles. The molecule has 96 valence electrons. The van der Waals surface area contributed by atoms with Crippen molar-refractivity contribution >= 4 is 33.0 Å². The van der Waals surface area contributed by atoms with Crippen molar-refractivity contribution in [1.29, 1.82) is 0 Å². The van der Waals surface area contributed by atoms with Gasteiger partial charge in [0.2, 0.25) is 0 Å². The molecule has 1 rings (SSSR count). The molecule has 0 spiro atoms. The van der Waals surface area contributed by atoms with E-state index < -0.39 is 9.84 Å². The van der Waals surface area contributed by atoms with Gasteiger partial charge in [0, 0.05) is 5.02 Å². The number of hydrogen-bond acceptors (Lipinski definition) is 3. The molecular formula is C11H15Cl2NO2S. The van der Waals surface area contributed by atoms with Gasteiger partial charge in [-0.25, -0.2) is 8.42 Å². The molecule has 0 aliphatic carbocycles. The van der Waals surface area contributed by atoms with Gasteiger partial charge < -0.3 is 5.73 Å². The van der Waals surface area contributed by atoms with Crippen LogP contribution in [0.15, 0.2) is 23.1 Å². The summed E-state index contributed by atoms with van der Waals surface area (Å²) in [6.45, 7) is 0.581. The number of benzene rings is 1. The largest absolute Gasteiger partial charge is 0.330 e. The van der Waals surface area contributed by atoms with Gasteiger partial charge in [0.15, 0.2) is 9.84 Å². The molecule has 1 aromatic rings. The first-order chi connectivity index (χ1) is 7.97. The van der Waals surface area contributed by atoms with Crippen LogP contribution in [0.1, 0.15) is 19.3 Å². The predicted molar refractivity (Wildman–Crippen MR) is 71.4 cm³/mol. The monoisotopic (exact) mass is 295 g/mol. The van der Waals surface area contributed by atoms with E-state index in [0.717, 1.165) is 12.8 Å². The Morgan fingerprint density at radius 1 is 1.12 bits per heavy atom. The summed E-state index contributed by atoms with van der Waals surface area (Å²) in [6, 6.07) is 4.45. The van der Waals surface area contributed by atoms with E-state index in [2.05, 4.69) is 0 Å². The predicted octanol–water partition coefficient (Wildman–Crippen LogP) is 2.90. The molecule has 0 saturated carbocycles. The lowest BCUT2D eigenvalue weighted by atomic mass is 10.2. The smallest absolute Gasteiger partial charge is 0.179 e. The van der Waals surface area contributed by atoms with Crippen molar-refractivity contribution in [1.82, 2.24) is 0 Å². The van der Waals surface area contributed by atoms with Gasteiger partial charge >= 0.3 is 0 Å².